The Balaban J connectivity index is 1.77. The number of halogens is 3. The maximum Gasteiger partial charge on any atom is 0.416 e. The van der Waals surface area contributed by atoms with E-state index in [0.29, 0.717) is 11.4 Å². The van der Waals surface area contributed by atoms with Gasteiger partial charge in [-0.2, -0.15) is 13.2 Å². The number of rotatable bonds is 2. The molecule has 1 aliphatic heterocycles. The Morgan fingerprint density at radius 3 is 2.59 bits per heavy atom. The van der Waals surface area contributed by atoms with E-state index < -0.39 is 17.6 Å². The van der Waals surface area contributed by atoms with Crippen LogP contribution in [0.4, 0.5) is 24.5 Å². The van der Waals surface area contributed by atoms with Crippen molar-refractivity contribution in [3.63, 3.8) is 0 Å². The fourth-order valence-electron chi connectivity index (χ4n) is 3.24. The molecule has 146 valence electrons. The maximum absolute atomic E-state index is 13.0. The summed E-state index contributed by atoms with van der Waals surface area (Å²) in [5, 5.41) is 2.53. The van der Waals surface area contributed by atoms with E-state index in [1.54, 1.807) is 12.4 Å². The summed E-state index contributed by atoms with van der Waals surface area (Å²) in [5.74, 6) is -0.412. The van der Waals surface area contributed by atoms with Gasteiger partial charge in [-0.1, -0.05) is 18.2 Å². The van der Waals surface area contributed by atoms with E-state index >= 15 is 0 Å². The minimum atomic E-state index is -4.49. The third kappa shape index (κ3) is 3.89. The molecular weight excluding hydrogens is 379 g/mol. The number of alkyl halides is 3. The number of carbonyl (C=O) groups excluding carboxylic acids is 1. The summed E-state index contributed by atoms with van der Waals surface area (Å²) in [7, 11) is 0. The van der Waals surface area contributed by atoms with E-state index in [-0.39, 0.29) is 12.1 Å². The highest BCUT2D eigenvalue weighted by atomic mass is 19.4. The number of pyridine rings is 1. The zero-order valence-electron chi connectivity index (χ0n) is 15.4. The fraction of sp³-hybridized carbons (Fsp3) is 0.136. The molecule has 1 N–H and O–H groups in total. The predicted octanol–water partition coefficient (Wildman–Crippen LogP) is 5.54. The molecule has 3 aromatic rings. The van der Waals surface area contributed by atoms with Crippen molar-refractivity contribution in [2.24, 2.45) is 4.99 Å². The van der Waals surface area contributed by atoms with Gasteiger partial charge >= 0.3 is 6.18 Å². The first-order valence-corrected chi connectivity index (χ1v) is 8.91. The number of benzene rings is 2. The average Bonchev–Trinajstić information content (AvgIpc) is 2.85. The number of hydrogen-bond donors (Lipinski definition) is 1. The number of anilines is 1. The Morgan fingerprint density at radius 1 is 1.03 bits per heavy atom. The van der Waals surface area contributed by atoms with E-state index in [1.165, 1.54) is 6.07 Å². The Labute approximate surface area is 165 Å². The standard InChI is InChI=1S/C22H16F3N3O/c1-13-7-8-26-12-17(13)14-3-2-4-15(9-14)19-11-21(29)28-20-10-16(22(23,24)25)5-6-18(20)27-19/h2-10,12H,11H2,1H3,(H,28,29). The molecule has 7 heteroatoms. The molecule has 4 nitrogen and oxygen atoms in total. The number of aliphatic imine (C=N–C) groups is 1. The van der Waals surface area contributed by atoms with Crippen molar-refractivity contribution in [1.82, 2.24) is 4.98 Å². The maximum atomic E-state index is 13.0. The van der Waals surface area contributed by atoms with Gasteiger partial charge in [0.1, 0.15) is 0 Å². The quantitative estimate of drug-likeness (QED) is 0.620. The number of aromatic nitrogens is 1. The monoisotopic (exact) mass is 395 g/mol. The molecule has 0 unspecified atom stereocenters. The van der Waals surface area contributed by atoms with E-state index in [4.69, 9.17) is 0 Å². The van der Waals surface area contributed by atoms with Crippen molar-refractivity contribution < 1.29 is 18.0 Å². The third-order valence-corrected chi connectivity index (χ3v) is 4.73. The first-order valence-electron chi connectivity index (χ1n) is 8.91. The summed E-state index contributed by atoms with van der Waals surface area (Å²) in [4.78, 5) is 21.0. The molecule has 2 heterocycles. The van der Waals surface area contributed by atoms with E-state index in [9.17, 15) is 18.0 Å². The van der Waals surface area contributed by atoms with Crippen LogP contribution < -0.4 is 5.32 Å². The predicted molar refractivity (Wildman–Crippen MR) is 105 cm³/mol. The van der Waals surface area contributed by atoms with Crippen molar-refractivity contribution in [3.8, 4) is 11.1 Å². The average molecular weight is 395 g/mol. The fourth-order valence-corrected chi connectivity index (χ4v) is 3.24. The summed E-state index contributed by atoms with van der Waals surface area (Å²) < 4.78 is 38.9. The molecule has 29 heavy (non-hydrogen) atoms. The largest absolute Gasteiger partial charge is 0.416 e. The third-order valence-electron chi connectivity index (χ3n) is 4.73. The topological polar surface area (TPSA) is 54.4 Å². The van der Waals surface area contributed by atoms with Crippen LogP contribution in [-0.4, -0.2) is 16.6 Å². The molecule has 0 bridgehead atoms. The Hall–Kier alpha value is -3.48. The van der Waals surface area contributed by atoms with E-state index in [2.05, 4.69) is 15.3 Å². The van der Waals surface area contributed by atoms with Crippen LogP contribution in [0.25, 0.3) is 11.1 Å². The summed E-state index contributed by atoms with van der Waals surface area (Å²) in [6, 6.07) is 12.6. The molecule has 0 fully saturated rings. The van der Waals surface area contributed by atoms with Crippen molar-refractivity contribution in [1.29, 1.82) is 0 Å². The van der Waals surface area contributed by atoms with Gasteiger partial charge in [-0.3, -0.25) is 14.8 Å². The minimum Gasteiger partial charge on any atom is -0.324 e. The Morgan fingerprint density at radius 2 is 1.83 bits per heavy atom. The number of aryl methyl sites for hydroxylation is 1. The first-order chi connectivity index (χ1) is 13.8. The van der Waals surface area contributed by atoms with Gasteiger partial charge in [0.15, 0.2) is 0 Å². The first kappa shape index (κ1) is 18.9. The van der Waals surface area contributed by atoms with Crippen LogP contribution in [0.1, 0.15) is 23.1 Å². The van der Waals surface area contributed by atoms with Crippen molar-refractivity contribution in [2.45, 2.75) is 19.5 Å². The zero-order chi connectivity index (χ0) is 20.6. The van der Waals surface area contributed by atoms with Crippen LogP contribution in [0.5, 0.6) is 0 Å². The minimum absolute atomic E-state index is 0.0362. The second-order valence-electron chi connectivity index (χ2n) is 6.78. The lowest BCUT2D eigenvalue weighted by Gasteiger charge is -2.10. The summed E-state index contributed by atoms with van der Waals surface area (Å²) in [5.41, 5.74) is 3.68. The van der Waals surface area contributed by atoms with Crippen LogP contribution in [-0.2, 0) is 11.0 Å². The van der Waals surface area contributed by atoms with Crippen molar-refractivity contribution in [2.75, 3.05) is 5.32 Å². The van der Waals surface area contributed by atoms with Gasteiger partial charge in [-0.25, -0.2) is 0 Å². The van der Waals surface area contributed by atoms with Crippen LogP contribution in [0.2, 0.25) is 0 Å². The highest BCUT2D eigenvalue weighted by Crippen LogP contribution is 2.36. The summed E-state index contributed by atoms with van der Waals surface area (Å²) in [6.45, 7) is 1.98. The molecule has 1 aromatic heterocycles. The lowest BCUT2D eigenvalue weighted by molar-refractivity contribution is -0.137. The van der Waals surface area contributed by atoms with Gasteiger partial charge < -0.3 is 5.32 Å². The molecule has 1 amide bonds. The summed E-state index contributed by atoms with van der Waals surface area (Å²) in [6.07, 6.45) is -1.04. The van der Waals surface area contributed by atoms with Crippen molar-refractivity contribution >= 4 is 23.0 Å². The van der Waals surface area contributed by atoms with Crippen LogP contribution in [0, 0.1) is 6.92 Å². The SMILES string of the molecule is Cc1ccncc1-c1cccc(C2=Nc3ccc(C(F)(F)F)cc3NC(=O)C2)c1. The molecule has 2 aromatic carbocycles. The number of fused-ring (bicyclic) bond motifs is 1. The van der Waals surface area contributed by atoms with Gasteiger partial charge in [0, 0.05) is 18.0 Å². The van der Waals surface area contributed by atoms with Crippen LogP contribution >= 0.6 is 0 Å². The highest BCUT2D eigenvalue weighted by Gasteiger charge is 2.31. The molecule has 0 saturated carbocycles. The van der Waals surface area contributed by atoms with E-state index in [1.807, 2.05) is 37.3 Å². The van der Waals surface area contributed by atoms with Crippen LogP contribution in [0.3, 0.4) is 0 Å². The Kier molecular flexibility index (Phi) is 4.66. The van der Waals surface area contributed by atoms with Crippen LogP contribution in [0.15, 0.2) is 65.9 Å². The van der Waals surface area contributed by atoms with Gasteiger partial charge in [0.25, 0.3) is 0 Å². The lowest BCUT2D eigenvalue weighted by Crippen LogP contribution is -2.15. The molecule has 0 saturated heterocycles. The van der Waals surface area contributed by atoms with Gasteiger partial charge in [0.05, 0.1) is 29.1 Å². The lowest BCUT2D eigenvalue weighted by atomic mass is 9.98. The Bertz CT molecular complexity index is 1140. The molecule has 0 aliphatic carbocycles. The smallest absolute Gasteiger partial charge is 0.324 e. The van der Waals surface area contributed by atoms with E-state index in [0.717, 1.165) is 34.4 Å². The van der Waals surface area contributed by atoms with Gasteiger partial charge in [-0.05, 0) is 53.9 Å². The zero-order valence-corrected chi connectivity index (χ0v) is 15.4. The number of amides is 1. The van der Waals surface area contributed by atoms with Gasteiger partial charge in [-0.15, -0.1) is 0 Å². The van der Waals surface area contributed by atoms with Gasteiger partial charge in [0.2, 0.25) is 5.91 Å². The molecule has 0 spiro atoms. The number of carbonyl (C=O) groups is 1. The molecule has 0 radical (unpaired) electrons. The number of nitrogens with zero attached hydrogens (tertiary/aromatic N) is 2. The highest BCUT2D eigenvalue weighted by molar-refractivity contribution is 6.17. The molecule has 1 aliphatic rings. The molecule has 0 atom stereocenters. The normalized spacial score (nSPS) is 13.9. The number of hydrogen-bond acceptors (Lipinski definition) is 3. The van der Waals surface area contributed by atoms with Crippen molar-refractivity contribution in [3.05, 3.63) is 77.6 Å². The second-order valence-corrected chi connectivity index (χ2v) is 6.78. The number of nitrogens with one attached hydrogen (secondary N) is 1. The molecular formula is C22H16F3N3O. The summed E-state index contributed by atoms with van der Waals surface area (Å²) >= 11 is 0. The second kappa shape index (κ2) is 7.16. The molecule has 4 rings (SSSR count).